The van der Waals surface area contributed by atoms with Crippen LogP contribution in [0.3, 0.4) is 0 Å². The van der Waals surface area contributed by atoms with E-state index in [4.69, 9.17) is 15.2 Å². The molecule has 3 heterocycles. The van der Waals surface area contributed by atoms with E-state index in [2.05, 4.69) is 25.6 Å². The second kappa shape index (κ2) is 6.52. The molecule has 0 bridgehead atoms. The summed E-state index contributed by atoms with van der Waals surface area (Å²) in [5.74, 6) is 3.04. The number of benzene rings is 1. The summed E-state index contributed by atoms with van der Waals surface area (Å²) in [4.78, 5) is 12.6. The van der Waals surface area contributed by atoms with Gasteiger partial charge in [-0.1, -0.05) is 6.07 Å². The van der Waals surface area contributed by atoms with E-state index in [9.17, 15) is 0 Å². The van der Waals surface area contributed by atoms with Gasteiger partial charge in [0.15, 0.2) is 23.1 Å². The molecule has 4 N–H and O–H groups in total. The lowest BCUT2D eigenvalue weighted by atomic mass is 10.2. The molecule has 0 spiro atoms. The zero-order valence-corrected chi connectivity index (χ0v) is 13.3. The van der Waals surface area contributed by atoms with Crippen LogP contribution in [0.15, 0.2) is 48.9 Å². The van der Waals surface area contributed by atoms with Gasteiger partial charge < -0.3 is 25.8 Å². The Labute approximate surface area is 144 Å². The topological polar surface area (TPSA) is 107 Å². The highest BCUT2D eigenvalue weighted by Gasteiger charge is 2.13. The van der Waals surface area contributed by atoms with Crippen molar-refractivity contribution in [3.05, 3.63) is 48.9 Å². The molecule has 0 radical (unpaired) electrons. The SMILES string of the molecule is Nc1c(Nc2ccc3c(c2)OCCO3)ncnc1Nc1ccccn1. The number of nitrogens with zero attached hydrogens (tertiary/aromatic N) is 3. The van der Waals surface area contributed by atoms with Crippen LogP contribution in [0.25, 0.3) is 0 Å². The number of aromatic nitrogens is 3. The first-order chi connectivity index (χ1) is 12.3. The number of nitrogens with two attached hydrogens (primary N) is 1. The third-order valence-corrected chi connectivity index (χ3v) is 3.60. The van der Waals surface area contributed by atoms with Crippen LogP contribution in [-0.4, -0.2) is 28.2 Å². The summed E-state index contributed by atoms with van der Waals surface area (Å²) in [5.41, 5.74) is 7.37. The maximum absolute atomic E-state index is 6.18. The third-order valence-electron chi connectivity index (χ3n) is 3.60. The average Bonchev–Trinajstić information content (AvgIpc) is 2.66. The molecule has 1 aromatic carbocycles. The second-order valence-electron chi connectivity index (χ2n) is 5.31. The Hall–Kier alpha value is -3.55. The fourth-order valence-corrected chi connectivity index (χ4v) is 2.41. The maximum atomic E-state index is 6.18. The lowest BCUT2D eigenvalue weighted by Gasteiger charge is -2.19. The van der Waals surface area contributed by atoms with Gasteiger partial charge in [0.05, 0.1) is 0 Å². The van der Waals surface area contributed by atoms with Crippen molar-refractivity contribution in [2.75, 3.05) is 29.6 Å². The lowest BCUT2D eigenvalue weighted by molar-refractivity contribution is 0.171. The molecule has 0 unspecified atom stereocenters. The number of rotatable bonds is 4. The van der Waals surface area contributed by atoms with E-state index in [1.807, 2.05) is 36.4 Å². The molecule has 3 aromatic rings. The van der Waals surface area contributed by atoms with Gasteiger partial charge in [-0.3, -0.25) is 0 Å². The van der Waals surface area contributed by atoms with Gasteiger partial charge in [-0.25, -0.2) is 15.0 Å². The predicted octanol–water partition coefficient (Wildman–Crippen LogP) is 2.71. The van der Waals surface area contributed by atoms with Crippen molar-refractivity contribution in [2.45, 2.75) is 0 Å². The maximum Gasteiger partial charge on any atom is 0.163 e. The molecule has 4 rings (SSSR count). The highest BCUT2D eigenvalue weighted by molar-refractivity contribution is 5.80. The largest absolute Gasteiger partial charge is 0.486 e. The number of pyridine rings is 1. The molecule has 126 valence electrons. The van der Waals surface area contributed by atoms with Gasteiger partial charge in [-0.2, -0.15) is 0 Å². The molecule has 0 amide bonds. The van der Waals surface area contributed by atoms with E-state index in [0.717, 1.165) is 11.4 Å². The highest BCUT2D eigenvalue weighted by Crippen LogP contribution is 2.34. The van der Waals surface area contributed by atoms with Crippen molar-refractivity contribution in [1.29, 1.82) is 0 Å². The van der Waals surface area contributed by atoms with Crippen molar-refractivity contribution in [3.8, 4) is 11.5 Å². The molecule has 1 aliphatic heterocycles. The van der Waals surface area contributed by atoms with Gasteiger partial charge in [-0.05, 0) is 24.3 Å². The Morgan fingerprint density at radius 3 is 2.48 bits per heavy atom. The average molecular weight is 336 g/mol. The first kappa shape index (κ1) is 15.0. The van der Waals surface area contributed by atoms with Crippen LogP contribution in [0.2, 0.25) is 0 Å². The monoisotopic (exact) mass is 336 g/mol. The van der Waals surface area contributed by atoms with Gasteiger partial charge in [0.25, 0.3) is 0 Å². The molecule has 0 atom stereocenters. The molecule has 0 saturated carbocycles. The molecular formula is C17H16N6O2. The number of hydrogen-bond donors (Lipinski definition) is 3. The Kier molecular flexibility index (Phi) is 3.91. The normalized spacial score (nSPS) is 12.5. The molecule has 8 nitrogen and oxygen atoms in total. The van der Waals surface area contributed by atoms with Crippen LogP contribution in [-0.2, 0) is 0 Å². The summed E-state index contributed by atoms with van der Waals surface area (Å²) in [5, 5.41) is 6.25. The molecular weight excluding hydrogens is 320 g/mol. The summed E-state index contributed by atoms with van der Waals surface area (Å²) in [6, 6.07) is 11.1. The minimum atomic E-state index is 0.392. The van der Waals surface area contributed by atoms with E-state index in [1.165, 1.54) is 6.33 Å². The van der Waals surface area contributed by atoms with Gasteiger partial charge in [-0.15, -0.1) is 0 Å². The zero-order chi connectivity index (χ0) is 17.1. The Morgan fingerprint density at radius 1 is 0.880 bits per heavy atom. The number of nitrogens with one attached hydrogen (secondary N) is 2. The minimum absolute atomic E-state index is 0.392. The van der Waals surface area contributed by atoms with Crippen LogP contribution >= 0.6 is 0 Å². The van der Waals surface area contributed by atoms with Crippen LogP contribution in [0.5, 0.6) is 11.5 Å². The summed E-state index contributed by atoms with van der Waals surface area (Å²) in [6.45, 7) is 1.09. The molecule has 0 fully saturated rings. The van der Waals surface area contributed by atoms with Gasteiger partial charge >= 0.3 is 0 Å². The summed E-state index contributed by atoms with van der Waals surface area (Å²) < 4.78 is 11.1. The van der Waals surface area contributed by atoms with E-state index in [1.54, 1.807) is 6.20 Å². The standard InChI is InChI=1S/C17H16N6O2/c18-15-16(20-10-21-17(15)23-14-3-1-2-6-19-14)22-11-4-5-12-13(9-11)25-8-7-24-12/h1-6,9-10H,7-8,18H2,(H2,19,20,21,22,23). The molecule has 0 aliphatic carbocycles. The van der Waals surface area contributed by atoms with E-state index >= 15 is 0 Å². The highest BCUT2D eigenvalue weighted by atomic mass is 16.6. The Balaban J connectivity index is 1.58. The molecule has 0 saturated heterocycles. The lowest BCUT2D eigenvalue weighted by Crippen LogP contribution is -2.15. The number of anilines is 5. The van der Waals surface area contributed by atoms with E-state index in [0.29, 0.717) is 42.1 Å². The second-order valence-corrected chi connectivity index (χ2v) is 5.31. The molecule has 2 aromatic heterocycles. The summed E-state index contributed by atoms with van der Waals surface area (Å²) >= 11 is 0. The quantitative estimate of drug-likeness (QED) is 0.667. The number of ether oxygens (including phenoxy) is 2. The first-order valence-corrected chi connectivity index (χ1v) is 7.75. The van der Waals surface area contributed by atoms with Crippen LogP contribution in [0.1, 0.15) is 0 Å². The predicted molar refractivity (Wildman–Crippen MR) is 94.7 cm³/mol. The third kappa shape index (κ3) is 3.23. The minimum Gasteiger partial charge on any atom is -0.486 e. The molecule has 8 heteroatoms. The van der Waals surface area contributed by atoms with Crippen LogP contribution in [0.4, 0.5) is 28.8 Å². The van der Waals surface area contributed by atoms with Gasteiger partial charge in [0.1, 0.15) is 31.0 Å². The number of nitrogen functional groups attached to an aromatic ring is 1. The van der Waals surface area contributed by atoms with E-state index in [-0.39, 0.29) is 0 Å². The first-order valence-electron chi connectivity index (χ1n) is 7.75. The van der Waals surface area contributed by atoms with Crippen LogP contribution in [0, 0.1) is 0 Å². The van der Waals surface area contributed by atoms with Gasteiger partial charge in [0, 0.05) is 18.0 Å². The van der Waals surface area contributed by atoms with Gasteiger partial charge in [0.2, 0.25) is 0 Å². The zero-order valence-electron chi connectivity index (χ0n) is 13.3. The Bertz CT molecular complexity index is 888. The fraction of sp³-hybridized carbons (Fsp3) is 0.118. The smallest absolute Gasteiger partial charge is 0.163 e. The molecule has 1 aliphatic rings. The van der Waals surface area contributed by atoms with Crippen LogP contribution < -0.4 is 25.8 Å². The van der Waals surface area contributed by atoms with Crippen molar-refractivity contribution < 1.29 is 9.47 Å². The number of hydrogen-bond acceptors (Lipinski definition) is 8. The van der Waals surface area contributed by atoms with Crippen molar-refractivity contribution in [2.24, 2.45) is 0 Å². The number of fused-ring (bicyclic) bond motifs is 1. The summed E-state index contributed by atoms with van der Waals surface area (Å²) in [6.07, 6.45) is 3.12. The molecule has 25 heavy (non-hydrogen) atoms. The van der Waals surface area contributed by atoms with Crippen molar-refractivity contribution in [3.63, 3.8) is 0 Å². The van der Waals surface area contributed by atoms with Crippen molar-refractivity contribution in [1.82, 2.24) is 15.0 Å². The van der Waals surface area contributed by atoms with Crippen molar-refractivity contribution >= 4 is 28.8 Å². The summed E-state index contributed by atoms with van der Waals surface area (Å²) in [7, 11) is 0. The Morgan fingerprint density at radius 2 is 1.68 bits per heavy atom. The van der Waals surface area contributed by atoms with E-state index < -0.39 is 0 Å². The fourth-order valence-electron chi connectivity index (χ4n) is 2.41.